The highest BCUT2D eigenvalue weighted by Gasteiger charge is 2.71. The van der Waals surface area contributed by atoms with Crippen molar-refractivity contribution in [2.75, 3.05) is 0 Å². The molecule has 3 rings (SSSR count). The molecule has 1 aromatic carbocycles. The number of benzene rings is 1. The van der Waals surface area contributed by atoms with Crippen molar-refractivity contribution in [1.29, 1.82) is 0 Å². The van der Waals surface area contributed by atoms with Crippen molar-refractivity contribution in [3.63, 3.8) is 0 Å². The Morgan fingerprint density at radius 2 is 1.61 bits per heavy atom. The van der Waals surface area contributed by atoms with Gasteiger partial charge in [0.1, 0.15) is 22.8 Å². The van der Waals surface area contributed by atoms with Gasteiger partial charge >= 0.3 is 0 Å². The summed E-state index contributed by atoms with van der Waals surface area (Å²) in [4.78, 5) is 40.1. The number of carbonyl (C=O) groups excluding carboxylic acids is 3. The molecule has 0 aromatic heterocycles. The van der Waals surface area contributed by atoms with Crippen molar-refractivity contribution < 1.29 is 34.4 Å². The summed E-state index contributed by atoms with van der Waals surface area (Å²) in [5.74, 6) is -6.32. The first-order valence-electron chi connectivity index (χ1n) is 11.6. The molecule has 182 valence electrons. The topological polar surface area (TPSA) is 121 Å². The lowest BCUT2D eigenvalue weighted by Crippen LogP contribution is -2.71. The quantitative estimate of drug-likeness (QED) is 0.441. The van der Waals surface area contributed by atoms with E-state index < -0.39 is 51.6 Å². The maximum Gasteiger partial charge on any atom is 0.230 e. The lowest BCUT2D eigenvalue weighted by Gasteiger charge is -2.57. The van der Waals surface area contributed by atoms with Crippen molar-refractivity contribution in [1.82, 2.24) is 0 Å². The van der Waals surface area contributed by atoms with E-state index in [-0.39, 0.29) is 40.9 Å². The molecule has 1 saturated carbocycles. The molecule has 0 saturated heterocycles. The van der Waals surface area contributed by atoms with Crippen molar-refractivity contribution in [2.45, 2.75) is 79.9 Å². The van der Waals surface area contributed by atoms with Crippen LogP contribution < -0.4 is 4.74 Å². The second-order valence-electron chi connectivity index (χ2n) is 11.5. The normalized spacial score (nSPS) is 27.8. The summed E-state index contributed by atoms with van der Waals surface area (Å²) in [5.41, 5.74) is -2.78. The molecule has 0 radical (unpaired) electrons. The predicted octanol–water partition coefficient (Wildman–Crippen LogP) is 4.36. The molecule has 3 atom stereocenters. The van der Waals surface area contributed by atoms with Gasteiger partial charge in [0.05, 0.1) is 16.7 Å². The van der Waals surface area contributed by atoms with E-state index in [9.17, 15) is 29.7 Å². The largest absolute Gasteiger partial charge is 0.507 e. The molecule has 1 aliphatic carbocycles. The van der Waals surface area contributed by atoms with E-state index in [1.54, 1.807) is 13.8 Å². The molecule has 1 aromatic rings. The number of phenolic OH excluding ortho intramolecular Hbond substituents is 2. The van der Waals surface area contributed by atoms with Crippen LogP contribution in [0.4, 0.5) is 0 Å². The number of ketones is 3. The molecule has 0 bridgehead atoms. The Bertz CT molecular complexity index is 1020. The van der Waals surface area contributed by atoms with Crippen LogP contribution in [-0.4, -0.2) is 38.5 Å². The van der Waals surface area contributed by atoms with E-state index in [2.05, 4.69) is 0 Å². The Balaban J connectivity index is 2.39. The number of Topliss-reactive ketones (excluding diaryl/α,β-unsaturated/α-hetero) is 3. The average Bonchev–Trinajstić information content (AvgIpc) is 2.64. The fourth-order valence-corrected chi connectivity index (χ4v) is 5.59. The van der Waals surface area contributed by atoms with Crippen LogP contribution in [0.1, 0.15) is 90.1 Å². The van der Waals surface area contributed by atoms with Gasteiger partial charge in [-0.05, 0) is 46.0 Å². The molecule has 1 fully saturated rings. The lowest BCUT2D eigenvalue weighted by atomic mass is 9.51. The minimum atomic E-state index is -2.25. The van der Waals surface area contributed by atoms with Crippen LogP contribution in [0.3, 0.4) is 0 Å². The number of rotatable bonds is 5. The molecular formula is C26H36O7. The van der Waals surface area contributed by atoms with E-state index in [0.29, 0.717) is 6.42 Å². The second kappa shape index (κ2) is 7.83. The first-order chi connectivity index (χ1) is 15.0. The van der Waals surface area contributed by atoms with Gasteiger partial charge in [-0.1, -0.05) is 27.7 Å². The molecule has 0 spiro atoms. The van der Waals surface area contributed by atoms with Crippen LogP contribution in [0.25, 0.3) is 0 Å². The second-order valence-corrected chi connectivity index (χ2v) is 11.5. The van der Waals surface area contributed by atoms with Gasteiger partial charge in [0.15, 0.2) is 17.3 Å². The molecule has 2 aliphatic rings. The Morgan fingerprint density at radius 1 is 1.03 bits per heavy atom. The third-order valence-electron chi connectivity index (χ3n) is 7.26. The zero-order valence-electron chi connectivity index (χ0n) is 20.8. The van der Waals surface area contributed by atoms with Crippen LogP contribution in [0.5, 0.6) is 17.2 Å². The standard InChI is InChI=1S/C26H36O7/c1-12(2)9-14-18-16(28)11-17(29)19(15(27)10-13(3)4)21(18)33-26(32)20(14)22(30)24(5,6)23(31)25(26,7)8/h11-14,20,28-29,32H,9-10H2,1-8H3. The van der Waals surface area contributed by atoms with E-state index in [1.807, 2.05) is 27.7 Å². The molecule has 1 heterocycles. The summed E-state index contributed by atoms with van der Waals surface area (Å²) >= 11 is 0. The smallest absolute Gasteiger partial charge is 0.230 e. The molecule has 7 heteroatoms. The Labute approximate surface area is 195 Å². The van der Waals surface area contributed by atoms with E-state index in [4.69, 9.17) is 4.74 Å². The number of hydrogen-bond acceptors (Lipinski definition) is 7. The maximum atomic E-state index is 13.7. The molecule has 1 aliphatic heterocycles. The van der Waals surface area contributed by atoms with Crippen molar-refractivity contribution >= 4 is 17.3 Å². The van der Waals surface area contributed by atoms with Gasteiger partial charge in [-0.25, -0.2) is 0 Å². The fourth-order valence-electron chi connectivity index (χ4n) is 5.59. The summed E-state index contributed by atoms with van der Waals surface area (Å²) in [5, 5.41) is 33.4. The highest BCUT2D eigenvalue weighted by atomic mass is 16.6. The van der Waals surface area contributed by atoms with E-state index in [0.717, 1.165) is 6.07 Å². The first-order valence-corrected chi connectivity index (χ1v) is 11.6. The number of phenols is 2. The Hall–Kier alpha value is -2.41. The highest BCUT2D eigenvalue weighted by molar-refractivity contribution is 6.13. The number of aliphatic hydroxyl groups is 1. The number of fused-ring (bicyclic) bond motifs is 2. The first kappa shape index (κ1) is 25.2. The van der Waals surface area contributed by atoms with Crippen LogP contribution in [-0.2, 0) is 9.59 Å². The summed E-state index contributed by atoms with van der Waals surface area (Å²) in [7, 11) is 0. The van der Waals surface area contributed by atoms with Crippen LogP contribution in [0, 0.1) is 28.6 Å². The summed E-state index contributed by atoms with van der Waals surface area (Å²) in [6.45, 7) is 13.8. The molecule has 33 heavy (non-hydrogen) atoms. The molecule has 7 nitrogen and oxygen atoms in total. The number of hydrogen-bond donors (Lipinski definition) is 3. The third-order valence-corrected chi connectivity index (χ3v) is 7.26. The fraction of sp³-hybridized carbons (Fsp3) is 0.654. The van der Waals surface area contributed by atoms with Crippen molar-refractivity contribution in [3.8, 4) is 17.2 Å². The van der Waals surface area contributed by atoms with Crippen LogP contribution >= 0.6 is 0 Å². The van der Waals surface area contributed by atoms with Gasteiger partial charge in [0.25, 0.3) is 0 Å². The molecule has 0 amide bonds. The van der Waals surface area contributed by atoms with Crippen molar-refractivity contribution in [2.24, 2.45) is 28.6 Å². The highest BCUT2D eigenvalue weighted by Crippen LogP contribution is 2.62. The van der Waals surface area contributed by atoms with Gasteiger partial charge < -0.3 is 20.1 Å². The minimum Gasteiger partial charge on any atom is -0.507 e. The van der Waals surface area contributed by atoms with E-state index in [1.165, 1.54) is 13.8 Å². The van der Waals surface area contributed by atoms with E-state index >= 15 is 0 Å². The van der Waals surface area contributed by atoms with Gasteiger partial charge in [-0.15, -0.1) is 0 Å². The summed E-state index contributed by atoms with van der Waals surface area (Å²) < 4.78 is 6.05. The summed E-state index contributed by atoms with van der Waals surface area (Å²) in [6, 6.07) is 1.10. The minimum absolute atomic E-state index is 0.0117. The molecular weight excluding hydrogens is 424 g/mol. The third kappa shape index (κ3) is 3.56. The predicted molar refractivity (Wildman–Crippen MR) is 122 cm³/mol. The Morgan fingerprint density at radius 3 is 2.12 bits per heavy atom. The number of carbonyl (C=O) groups is 3. The lowest BCUT2D eigenvalue weighted by molar-refractivity contribution is -0.263. The van der Waals surface area contributed by atoms with Gasteiger partial charge in [0.2, 0.25) is 5.79 Å². The monoisotopic (exact) mass is 460 g/mol. The zero-order chi connectivity index (χ0) is 25.3. The van der Waals surface area contributed by atoms with Gasteiger partial charge in [-0.2, -0.15) is 0 Å². The van der Waals surface area contributed by atoms with Gasteiger partial charge in [0, 0.05) is 24.0 Å². The van der Waals surface area contributed by atoms with Crippen LogP contribution in [0.15, 0.2) is 6.07 Å². The number of ether oxygens (including phenoxy) is 1. The average molecular weight is 461 g/mol. The zero-order valence-corrected chi connectivity index (χ0v) is 20.8. The maximum absolute atomic E-state index is 13.7. The molecule has 3 unspecified atom stereocenters. The van der Waals surface area contributed by atoms with Gasteiger partial charge in [-0.3, -0.25) is 14.4 Å². The number of aromatic hydroxyl groups is 2. The summed E-state index contributed by atoms with van der Waals surface area (Å²) in [6.07, 6.45) is 0.505. The van der Waals surface area contributed by atoms with Crippen LogP contribution in [0.2, 0.25) is 0 Å². The SMILES string of the molecule is CC(C)CC(=O)c1c(O)cc(O)c2c1OC1(O)C(C(=O)C(C)(C)C(=O)C1(C)C)C2CC(C)C. The molecule has 3 N–H and O–H groups in total. The van der Waals surface area contributed by atoms with Crippen molar-refractivity contribution in [3.05, 3.63) is 17.2 Å². The Kier molecular flexibility index (Phi) is 5.98.